The fourth-order valence-electron chi connectivity index (χ4n) is 4.62. The summed E-state index contributed by atoms with van der Waals surface area (Å²) in [5.41, 5.74) is 4.62. The molecule has 190 valence electrons. The minimum atomic E-state index is -5.23. The Balaban J connectivity index is 1.41. The van der Waals surface area contributed by atoms with Crippen LogP contribution in [0.4, 0.5) is 23.4 Å². The maximum atomic E-state index is 14.9. The summed E-state index contributed by atoms with van der Waals surface area (Å²) in [7, 11) is 0. The molecule has 5 rings (SSSR count). The average molecular weight is 507 g/mol. The van der Waals surface area contributed by atoms with Crippen LogP contribution in [0.5, 0.6) is 0 Å². The summed E-state index contributed by atoms with van der Waals surface area (Å²) in [6.45, 7) is -0.726. The number of nitrogens with two attached hydrogens (primary N) is 1. The highest BCUT2D eigenvalue weighted by molar-refractivity contribution is 5.98. The molecule has 5 heterocycles. The van der Waals surface area contributed by atoms with Gasteiger partial charge in [-0.2, -0.15) is 18.3 Å². The largest absolute Gasteiger partial charge is 0.426 e. The van der Waals surface area contributed by atoms with Crippen LogP contribution in [0.1, 0.15) is 23.0 Å². The number of rotatable bonds is 3. The topological polar surface area (TPSA) is 130 Å². The number of pyridine rings is 1. The number of likely N-dealkylation sites (tertiary alicyclic amines) is 1. The Bertz CT molecular complexity index is 1370. The maximum Gasteiger partial charge on any atom is 0.426 e. The van der Waals surface area contributed by atoms with Gasteiger partial charge in [0, 0.05) is 31.3 Å². The van der Waals surface area contributed by atoms with Crippen molar-refractivity contribution in [1.82, 2.24) is 29.4 Å². The number of anilines is 1. The molecule has 0 bridgehead atoms. The summed E-state index contributed by atoms with van der Waals surface area (Å²) >= 11 is 0. The van der Waals surface area contributed by atoms with Gasteiger partial charge in [-0.1, -0.05) is 0 Å². The molecule has 3 aromatic heterocycles. The van der Waals surface area contributed by atoms with E-state index >= 15 is 0 Å². The Hall–Kier alpha value is -3.81. The van der Waals surface area contributed by atoms with Crippen LogP contribution >= 0.6 is 0 Å². The SMILES string of the molecule is C[C@@](O)(C(=O)N1C[C@@H](F)[C@@H](N2CCc3ncc(-c4ccc5c(N)ncnn45)cc3C2=O)C1)C(F)(F)F. The Morgan fingerprint density at radius 3 is 2.69 bits per heavy atom. The second-order valence-electron chi connectivity index (χ2n) is 8.99. The molecule has 14 heteroatoms. The highest BCUT2D eigenvalue weighted by Gasteiger charge is 2.58. The normalized spacial score (nSPS) is 22.1. The quantitative estimate of drug-likeness (QED) is 0.510. The van der Waals surface area contributed by atoms with Crippen molar-refractivity contribution in [3.63, 3.8) is 0 Å². The summed E-state index contributed by atoms with van der Waals surface area (Å²) < 4.78 is 55.8. The molecule has 3 N–H and O–H groups in total. The number of fused-ring (bicyclic) bond motifs is 2. The van der Waals surface area contributed by atoms with Crippen molar-refractivity contribution < 1.29 is 32.3 Å². The first-order valence-electron chi connectivity index (χ1n) is 11.0. The first-order valence-corrected chi connectivity index (χ1v) is 11.0. The van der Waals surface area contributed by atoms with Crippen molar-refractivity contribution in [3.8, 4) is 11.3 Å². The van der Waals surface area contributed by atoms with Crippen molar-refractivity contribution in [2.24, 2.45) is 0 Å². The van der Waals surface area contributed by atoms with E-state index in [4.69, 9.17) is 5.73 Å². The van der Waals surface area contributed by atoms with Gasteiger partial charge in [0.05, 0.1) is 29.5 Å². The molecule has 2 amide bonds. The highest BCUT2D eigenvalue weighted by atomic mass is 19.4. The van der Waals surface area contributed by atoms with Gasteiger partial charge in [-0.3, -0.25) is 14.6 Å². The summed E-state index contributed by atoms with van der Waals surface area (Å²) in [6, 6.07) is 3.88. The van der Waals surface area contributed by atoms with Crippen LogP contribution in [-0.4, -0.2) is 89.9 Å². The minimum absolute atomic E-state index is 0.0821. The molecule has 3 aromatic rings. The number of nitrogens with zero attached hydrogens (tertiary/aromatic N) is 6. The van der Waals surface area contributed by atoms with Crippen LogP contribution in [0.2, 0.25) is 0 Å². The van der Waals surface area contributed by atoms with Gasteiger partial charge in [0.1, 0.15) is 18.0 Å². The summed E-state index contributed by atoms with van der Waals surface area (Å²) in [4.78, 5) is 35.8. The maximum absolute atomic E-state index is 14.9. The lowest BCUT2D eigenvalue weighted by Gasteiger charge is -2.34. The van der Waals surface area contributed by atoms with E-state index in [0.717, 1.165) is 0 Å². The van der Waals surface area contributed by atoms with Crippen molar-refractivity contribution in [1.29, 1.82) is 0 Å². The monoisotopic (exact) mass is 507 g/mol. The minimum Gasteiger partial charge on any atom is -0.382 e. The van der Waals surface area contributed by atoms with E-state index in [0.29, 0.717) is 40.7 Å². The molecule has 3 atom stereocenters. The molecule has 1 fully saturated rings. The zero-order valence-corrected chi connectivity index (χ0v) is 18.9. The molecular formula is C22H21F4N7O3. The number of halogens is 4. The molecule has 0 unspecified atom stereocenters. The number of carbonyl (C=O) groups is 2. The van der Waals surface area contributed by atoms with Crippen LogP contribution in [0.3, 0.4) is 0 Å². The summed E-state index contributed by atoms with van der Waals surface area (Å²) in [5.74, 6) is -1.94. The van der Waals surface area contributed by atoms with Gasteiger partial charge in [0.2, 0.25) is 5.60 Å². The van der Waals surface area contributed by atoms with Gasteiger partial charge < -0.3 is 20.6 Å². The van der Waals surface area contributed by atoms with Crippen LogP contribution in [0.15, 0.2) is 30.7 Å². The van der Waals surface area contributed by atoms with Crippen molar-refractivity contribution >= 4 is 23.1 Å². The van der Waals surface area contributed by atoms with E-state index in [-0.39, 0.29) is 17.9 Å². The summed E-state index contributed by atoms with van der Waals surface area (Å²) in [6.07, 6.45) is -3.85. The van der Waals surface area contributed by atoms with Gasteiger partial charge in [0.25, 0.3) is 11.8 Å². The molecule has 36 heavy (non-hydrogen) atoms. The number of nitrogen functional groups attached to an aromatic ring is 1. The van der Waals surface area contributed by atoms with Gasteiger partial charge in [-0.05, 0) is 25.1 Å². The van der Waals surface area contributed by atoms with E-state index < -0.39 is 48.9 Å². The van der Waals surface area contributed by atoms with Crippen molar-refractivity contribution in [2.75, 3.05) is 25.4 Å². The van der Waals surface area contributed by atoms with E-state index in [1.807, 2.05) is 0 Å². The first-order chi connectivity index (χ1) is 16.9. The van der Waals surface area contributed by atoms with Gasteiger partial charge in [0.15, 0.2) is 5.82 Å². The van der Waals surface area contributed by atoms with Crippen LogP contribution in [-0.2, 0) is 11.2 Å². The lowest BCUT2D eigenvalue weighted by molar-refractivity contribution is -0.249. The molecule has 2 aliphatic rings. The van der Waals surface area contributed by atoms with Crippen molar-refractivity contribution in [3.05, 3.63) is 42.0 Å². The molecule has 0 radical (unpaired) electrons. The molecule has 0 saturated carbocycles. The number of hydrogen-bond acceptors (Lipinski definition) is 7. The Morgan fingerprint density at radius 1 is 1.22 bits per heavy atom. The number of carbonyl (C=O) groups excluding carboxylic acids is 2. The van der Waals surface area contributed by atoms with Gasteiger partial charge in [-0.25, -0.2) is 13.9 Å². The predicted molar refractivity (Wildman–Crippen MR) is 117 cm³/mol. The average Bonchev–Trinajstić information content (AvgIpc) is 3.43. The van der Waals surface area contributed by atoms with Crippen LogP contribution in [0, 0.1) is 0 Å². The molecule has 0 aromatic carbocycles. The van der Waals surface area contributed by atoms with Crippen LogP contribution < -0.4 is 5.73 Å². The molecule has 1 saturated heterocycles. The van der Waals surface area contributed by atoms with E-state index in [9.17, 15) is 32.3 Å². The zero-order chi connectivity index (χ0) is 26.0. The fraction of sp³-hybridized carbons (Fsp3) is 0.409. The lowest BCUT2D eigenvalue weighted by Crippen LogP contribution is -2.56. The predicted octanol–water partition coefficient (Wildman–Crippen LogP) is 1.23. The third-order valence-electron chi connectivity index (χ3n) is 6.70. The van der Waals surface area contributed by atoms with E-state index in [2.05, 4.69) is 15.1 Å². The second kappa shape index (κ2) is 8.11. The lowest BCUT2D eigenvalue weighted by atomic mass is 9.99. The van der Waals surface area contributed by atoms with E-state index in [1.54, 1.807) is 28.9 Å². The molecule has 0 aliphatic carbocycles. The molecule has 10 nitrogen and oxygen atoms in total. The fourth-order valence-corrected chi connectivity index (χ4v) is 4.62. The number of amides is 2. The first kappa shape index (κ1) is 23.9. The van der Waals surface area contributed by atoms with Gasteiger partial charge >= 0.3 is 6.18 Å². The zero-order valence-electron chi connectivity index (χ0n) is 18.9. The Morgan fingerprint density at radius 2 is 1.97 bits per heavy atom. The van der Waals surface area contributed by atoms with Gasteiger partial charge in [-0.15, -0.1) is 0 Å². The highest BCUT2D eigenvalue weighted by Crippen LogP contribution is 2.34. The summed E-state index contributed by atoms with van der Waals surface area (Å²) in [5, 5.41) is 13.9. The number of hydrogen-bond donors (Lipinski definition) is 2. The second-order valence-corrected chi connectivity index (χ2v) is 8.99. The van der Waals surface area contributed by atoms with E-state index in [1.165, 1.54) is 11.2 Å². The third-order valence-corrected chi connectivity index (χ3v) is 6.70. The standard InChI is InChI=1S/C22H21F4N7O3/c1-21(36,22(24,25)26)20(35)31-8-13(23)17(9-31)32-5-4-14-12(19(32)34)6-11(7-28-14)15-2-3-16-18(27)29-10-30-33(15)16/h2-3,6-7,10,13,17,36H,4-5,8-9H2,1H3,(H2,27,29,30)/t13-,17+,21-/m1/s1. The smallest absolute Gasteiger partial charge is 0.382 e. The third kappa shape index (κ3) is 3.63. The number of aliphatic hydroxyl groups is 1. The van der Waals surface area contributed by atoms with Crippen molar-refractivity contribution in [2.45, 2.75) is 37.3 Å². The number of alkyl halides is 4. The Kier molecular flexibility index (Phi) is 5.39. The molecule has 0 spiro atoms. The Labute approximate surface area is 201 Å². The van der Waals surface area contributed by atoms with Crippen LogP contribution in [0.25, 0.3) is 16.8 Å². The molecular weight excluding hydrogens is 486 g/mol. The molecule has 2 aliphatic heterocycles. The number of aromatic nitrogens is 4.